The number of para-hydroxylation sites is 1. The standard InChI is InChI=1S/C13H13F3N2/c1-9(8-13(14,15)16)18-12-6-7-17-11-5-3-2-4-10(11)12/h2-7,9H,8H2,1H3,(H,17,18). The quantitative estimate of drug-likeness (QED) is 0.895. The maximum absolute atomic E-state index is 12.3. The highest BCUT2D eigenvalue weighted by atomic mass is 19.4. The number of fused-ring (bicyclic) bond motifs is 1. The second-order valence-corrected chi connectivity index (χ2v) is 4.24. The Labute approximate surface area is 103 Å². The van der Waals surface area contributed by atoms with Crippen molar-refractivity contribution in [3.8, 4) is 0 Å². The molecular formula is C13H13F3N2. The summed E-state index contributed by atoms with van der Waals surface area (Å²) in [6, 6.07) is 8.37. The van der Waals surface area contributed by atoms with Gasteiger partial charge in [0.15, 0.2) is 0 Å². The topological polar surface area (TPSA) is 24.9 Å². The number of benzene rings is 1. The Kier molecular flexibility index (Phi) is 3.41. The molecule has 0 aliphatic heterocycles. The van der Waals surface area contributed by atoms with Gasteiger partial charge in [-0.1, -0.05) is 18.2 Å². The van der Waals surface area contributed by atoms with Gasteiger partial charge in [-0.05, 0) is 19.1 Å². The van der Waals surface area contributed by atoms with Gasteiger partial charge in [0.2, 0.25) is 0 Å². The second-order valence-electron chi connectivity index (χ2n) is 4.24. The Balaban J connectivity index is 2.21. The summed E-state index contributed by atoms with van der Waals surface area (Å²) in [6.07, 6.45) is -3.43. The van der Waals surface area contributed by atoms with Gasteiger partial charge in [-0.15, -0.1) is 0 Å². The summed E-state index contributed by atoms with van der Waals surface area (Å²) in [4.78, 5) is 4.16. The molecule has 0 fully saturated rings. The van der Waals surface area contributed by atoms with Crippen LogP contribution in [0, 0.1) is 0 Å². The minimum atomic E-state index is -4.16. The summed E-state index contributed by atoms with van der Waals surface area (Å²) < 4.78 is 36.8. The maximum Gasteiger partial charge on any atom is 0.391 e. The van der Waals surface area contributed by atoms with Gasteiger partial charge >= 0.3 is 6.18 Å². The Hall–Kier alpha value is -1.78. The van der Waals surface area contributed by atoms with E-state index in [-0.39, 0.29) is 0 Å². The zero-order valence-corrected chi connectivity index (χ0v) is 9.83. The second kappa shape index (κ2) is 4.84. The van der Waals surface area contributed by atoms with Crippen LogP contribution >= 0.6 is 0 Å². The number of alkyl halides is 3. The number of nitrogens with one attached hydrogen (secondary N) is 1. The third-order valence-electron chi connectivity index (χ3n) is 2.59. The number of nitrogens with zero attached hydrogens (tertiary/aromatic N) is 1. The highest BCUT2D eigenvalue weighted by molar-refractivity contribution is 5.90. The fraction of sp³-hybridized carbons (Fsp3) is 0.308. The minimum Gasteiger partial charge on any atom is -0.382 e. The Morgan fingerprint density at radius 1 is 1.22 bits per heavy atom. The number of aromatic nitrogens is 1. The molecule has 2 rings (SSSR count). The zero-order chi connectivity index (χ0) is 13.2. The number of halogens is 3. The third-order valence-corrected chi connectivity index (χ3v) is 2.59. The molecule has 1 atom stereocenters. The lowest BCUT2D eigenvalue weighted by Crippen LogP contribution is -2.23. The highest BCUT2D eigenvalue weighted by Crippen LogP contribution is 2.26. The van der Waals surface area contributed by atoms with E-state index >= 15 is 0 Å². The molecule has 0 saturated heterocycles. The van der Waals surface area contributed by atoms with E-state index in [0.29, 0.717) is 5.69 Å². The summed E-state index contributed by atoms with van der Waals surface area (Å²) >= 11 is 0. The molecule has 1 unspecified atom stereocenters. The molecule has 1 aromatic heterocycles. The highest BCUT2D eigenvalue weighted by Gasteiger charge is 2.30. The monoisotopic (exact) mass is 254 g/mol. The fourth-order valence-electron chi connectivity index (χ4n) is 1.89. The maximum atomic E-state index is 12.3. The number of hydrogen-bond donors (Lipinski definition) is 1. The van der Waals surface area contributed by atoms with Crippen LogP contribution < -0.4 is 5.32 Å². The van der Waals surface area contributed by atoms with Gasteiger partial charge in [0.05, 0.1) is 11.9 Å². The molecule has 0 bridgehead atoms. The van der Waals surface area contributed by atoms with Crippen molar-refractivity contribution < 1.29 is 13.2 Å². The molecule has 1 heterocycles. The summed E-state index contributed by atoms with van der Waals surface area (Å²) in [5.41, 5.74) is 1.44. The van der Waals surface area contributed by atoms with E-state index in [9.17, 15) is 13.2 Å². The average molecular weight is 254 g/mol. The number of hydrogen-bond acceptors (Lipinski definition) is 2. The predicted octanol–water partition coefficient (Wildman–Crippen LogP) is 3.99. The van der Waals surface area contributed by atoms with Crippen molar-refractivity contribution in [3.63, 3.8) is 0 Å². The smallest absolute Gasteiger partial charge is 0.382 e. The van der Waals surface area contributed by atoms with Crippen LogP contribution in [0.5, 0.6) is 0 Å². The molecule has 0 aliphatic rings. The van der Waals surface area contributed by atoms with E-state index in [1.165, 1.54) is 6.92 Å². The summed E-state index contributed by atoms with van der Waals surface area (Å²) in [7, 11) is 0. The molecular weight excluding hydrogens is 241 g/mol. The third kappa shape index (κ3) is 3.12. The number of anilines is 1. The molecule has 2 nitrogen and oxygen atoms in total. The number of pyridine rings is 1. The summed E-state index contributed by atoms with van der Waals surface area (Å²) in [6.45, 7) is 1.52. The van der Waals surface area contributed by atoms with Gasteiger partial charge in [0.25, 0.3) is 0 Å². The summed E-state index contributed by atoms with van der Waals surface area (Å²) in [5.74, 6) is 0. The van der Waals surface area contributed by atoms with Crippen molar-refractivity contribution in [2.45, 2.75) is 25.6 Å². The van der Waals surface area contributed by atoms with Gasteiger partial charge in [-0.25, -0.2) is 0 Å². The van der Waals surface area contributed by atoms with Gasteiger partial charge in [-0.3, -0.25) is 4.98 Å². The van der Waals surface area contributed by atoms with Gasteiger partial charge in [0.1, 0.15) is 0 Å². The number of rotatable bonds is 3. The van der Waals surface area contributed by atoms with E-state index in [1.807, 2.05) is 24.3 Å². The molecule has 1 N–H and O–H groups in total. The lowest BCUT2D eigenvalue weighted by molar-refractivity contribution is -0.136. The molecule has 0 aliphatic carbocycles. The Bertz CT molecular complexity index is 532. The molecule has 2 aromatic rings. The first-order valence-corrected chi connectivity index (χ1v) is 5.63. The van der Waals surface area contributed by atoms with Crippen molar-refractivity contribution in [2.24, 2.45) is 0 Å². The molecule has 18 heavy (non-hydrogen) atoms. The van der Waals surface area contributed by atoms with Crippen LogP contribution in [0.4, 0.5) is 18.9 Å². The van der Waals surface area contributed by atoms with Crippen molar-refractivity contribution in [1.82, 2.24) is 4.98 Å². The van der Waals surface area contributed by atoms with Gasteiger partial charge < -0.3 is 5.32 Å². The average Bonchev–Trinajstić information content (AvgIpc) is 2.27. The van der Waals surface area contributed by atoms with E-state index in [4.69, 9.17) is 0 Å². The van der Waals surface area contributed by atoms with Crippen LogP contribution in [0.15, 0.2) is 36.5 Å². The summed E-state index contributed by atoms with van der Waals surface area (Å²) in [5, 5.41) is 3.71. The molecule has 0 saturated carbocycles. The van der Waals surface area contributed by atoms with Crippen LogP contribution in [-0.2, 0) is 0 Å². The first-order chi connectivity index (χ1) is 8.46. The molecule has 0 spiro atoms. The first kappa shape index (κ1) is 12.7. The van der Waals surface area contributed by atoms with Gasteiger partial charge in [0, 0.05) is 23.3 Å². The lowest BCUT2D eigenvalue weighted by Gasteiger charge is -2.18. The van der Waals surface area contributed by atoms with E-state index in [1.54, 1.807) is 12.3 Å². The molecule has 5 heteroatoms. The first-order valence-electron chi connectivity index (χ1n) is 5.63. The molecule has 1 aromatic carbocycles. The van der Waals surface area contributed by atoms with E-state index < -0.39 is 18.6 Å². The Morgan fingerprint density at radius 3 is 2.67 bits per heavy atom. The minimum absolute atomic E-state index is 0.671. The van der Waals surface area contributed by atoms with Crippen LogP contribution in [0.2, 0.25) is 0 Å². The fourth-order valence-corrected chi connectivity index (χ4v) is 1.89. The van der Waals surface area contributed by atoms with Crippen LogP contribution in [0.1, 0.15) is 13.3 Å². The van der Waals surface area contributed by atoms with E-state index in [2.05, 4.69) is 10.3 Å². The predicted molar refractivity (Wildman–Crippen MR) is 65.5 cm³/mol. The SMILES string of the molecule is CC(CC(F)(F)F)Nc1ccnc2ccccc12. The largest absolute Gasteiger partial charge is 0.391 e. The van der Waals surface area contributed by atoms with Crippen LogP contribution in [-0.4, -0.2) is 17.2 Å². The van der Waals surface area contributed by atoms with Crippen molar-refractivity contribution in [3.05, 3.63) is 36.5 Å². The van der Waals surface area contributed by atoms with Crippen molar-refractivity contribution >= 4 is 16.6 Å². The Morgan fingerprint density at radius 2 is 1.94 bits per heavy atom. The zero-order valence-electron chi connectivity index (χ0n) is 9.83. The molecule has 96 valence electrons. The normalized spacial score (nSPS) is 13.6. The van der Waals surface area contributed by atoms with Crippen LogP contribution in [0.25, 0.3) is 10.9 Å². The van der Waals surface area contributed by atoms with Crippen molar-refractivity contribution in [1.29, 1.82) is 0 Å². The van der Waals surface area contributed by atoms with Crippen molar-refractivity contribution in [2.75, 3.05) is 5.32 Å². The molecule has 0 radical (unpaired) electrons. The molecule has 0 amide bonds. The lowest BCUT2D eigenvalue weighted by atomic mass is 10.1. The van der Waals surface area contributed by atoms with E-state index in [0.717, 1.165) is 10.9 Å². The van der Waals surface area contributed by atoms with Crippen LogP contribution in [0.3, 0.4) is 0 Å². The van der Waals surface area contributed by atoms with Gasteiger partial charge in [-0.2, -0.15) is 13.2 Å².